The number of nitrogens with zero attached hydrogens (tertiary/aromatic N) is 2. The van der Waals surface area contributed by atoms with Crippen LogP contribution in [0.15, 0.2) is 18.2 Å². The Balaban J connectivity index is 2.02. The van der Waals surface area contributed by atoms with Crippen molar-refractivity contribution in [2.45, 2.75) is 19.9 Å². The van der Waals surface area contributed by atoms with E-state index in [0.717, 1.165) is 31.7 Å². The SMILES string of the molecule is CC(C)CN1CCN(C(CN)c2ccc(Cl)cc2Cl)CC1. The van der Waals surface area contributed by atoms with E-state index in [9.17, 15) is 0 Å². The molecule has 0 bridgehead atoms. The van der Waals surface area contributed by atoms with Crippen molar-refractivity contribution in [2.24, 2.45) is 11.7 Å². The third-order valence-electron chi connectivity index (χ3n) is 4.02. The molecule has 21 heavy (non-hydrogen) atoms. The first-order valence-corrected chi connectivity index (χ1v) is 8.38. The lowest BCUT2D eigenvalue weighted by molar-refractivity contribution is 0.0913. The van der Waals surface area contributed by atoms with Crippen LogP contribution in [0, 0.1) is 5.92 Å². The maximum absolute atomic E-state index is 6.34. The number of benzene rings is 1. The summed E-state index contributed by atoms with van der Waals surface area (Å²) >= 11 is 12.3. The second-order valence-corrected chi connectivity index (χ2v) is 6.99. The van der Waals surface area contributed by atoms with Gasteiger partial charge in [-0.1, -0.05) is 43.1 Å². The van der Waals surface area contributed by atoms with E-state index in [1.165, 1.54) is 6.54 Å². The molecular formula is C16H25Cl2N3. The molecule has 0 spiro atoms. The van der Waals surface area contributed by atoms with E-state index in [4.69, 9.17) is 28.9 Å². The number of hydrogen-bond donors (Lipinski definition) is 1. The number of rotatable bonds is 5. The van der Waals surface area contributed by atoms with Crippen molar-refractivity contribution >= 4 is 23.2 Å². The average molecular weight is 330 g/mol. The number of nitrogens with two attached hydrogens (primary N) is 1. The molecule has 2 rings (SSSR count). The van der Waals surface area contributed by atoms with Crippen molar-refractivity contribution in [3.05, 3.63) is 33.8 Å². The Morgan fingerprint density at radius 2 is 1.81 bits per heavy atom. The van der Waals surface area contributed by atoms with Crippen LogP contribution >= 0.6 is 23.2 Å². The largest absolute Gasteiger partial charge is 0.329 e. The minimum absolute atomic E-state index is 0.177. The molecule has 1 unspecified atom stereocenters. The van der Waals surface area contributed by atoms with Gasteiger partial charge in [0.25, 0.3) is 0 Å². The van der Waals surface area contributed by atoms with Crippen LogP contribution in [0.25, 0.3) is 0 Å². The summed E-state index contributed by atoms with van der Waals surface area (Å²) in [7, 11) is 0. The Morgan fingerprint density at radius 1 is 1.14 bits per heavy atom. The molecule has 0 aromatic heterocycles. The molecule has 0 radical (unpaired) electrons. The van der Waals surface area contributed by atoms with Crippen LogP contribution in [0.4, 0.5) is 0 Å². The normalized spacial score (nSPS) is 19.1. The Bertz CT molecular complexity index is 457. The predicted octanol–water partition coefficient (Wildman–Crippen LogP) is 3.27. The van der Waals surface area contributed by atoms with Crippen LogP contribution in [0.1, 0.15) is 25.5 Å². The fraction of sp³-hybridized carbons (Fsp3) is 0.625. The summed E-state index contributed by atoms with van der Waals surface area (Å²) in [6.45, 7) is 10.5. The molecular weight excluding hydrogens is 305 g/mol. The zero-order chi connectivity index (χ0) is 15.4. The molecule has 0 amide bonds. The highest BCUT2D eigenvalue weighted by molar-refractivity contribution is 6.35. The molecule has 3 nitrogen and oxygen atoms in total. The summed E-state index contributed by atoms with van der Waals surface area (Å²) in [5.74, 6) is 0.715. The summed E-state index contributed by atoms with van der Waals surface area (Å²) in [6, 6.07) is 5.87. The Hall–Kier alpha value is -0.320. The quantitative estimate of drug-likeness (QED) is 0.899. The van der Waals surface area contributed by atoms with Gasteiger partial charge < -0.3 is 10.6 Å². The van der Waals surface area contributed by atoms with Crippen LogP contribution in [0.2, 0.25) is 10.0 Å². The lowest BCUT2D eigenvalue weighted by Crippen LogP contribution is -2.49. The van der Waals surface area contributed by atoms with Gasteiger partial charge in [0.1, 0.15) is 0 Å². The van der Waals surface area contributed by atoms with E-state index in [0.29, 0.717) is 22.5 Å². The highest BCUT2D eigenvalue weighted by Gasteiger charge is 2.25. The Morgan fingerprint density at radius 3 is 2.33 bits per heavy atom. The molecule has 1 aliphatic heterocycles. The minimum atomic E-state index is 0.177. The first-order valence-electron chi connectivity index (χ1n) is 7.62. The third-order valence-corrected chi connectivity index (χ3v) is 4.58. The smallest absolute Gasteiger partial charge is 0.0486 e. The van der Waals surface area contributed by atoms with Crippen LogP contribution in [-0.4, -0.2) is 49.1 Å². The van der Waals surface area contributed by atoms with Gasteiger partial charge in [0.05, 0.1) is 0 Å². The van der Waals surface area contributed by atoms with E-state index in [1.807, 2.05) is 12.1 Å². The molecule has 1 atom stereocenters. The van der Waals surface area contributed by atoms with Crippen LogP contribution in [0.5, 0.6) is 0 Å². The molecule has 1 saturated heterocycles. The van der Waals surface area contributed by atoms with E-state index < -0.39 is 0 Å². The monoisotopic (exact) mass is 329 g/mol. The summed E-state index contributed by atoms with van der Waals surface area (Å²) < 4.78 is 0. The highest BCUT2D eigenvalue weighted by atomic mass is 35.5. The minimum Gasteiger partial charge on any atom is -0.329 e. The molecule has 1 fully saturated rings. The lowest BCUT2D eigenvalue weighted by atomic mass is 10.0. The molecule has 5 heteroatoms. The van der Waals surface area contributed by atoms with Crippen molar-refractivity contribution < 1.29 is 0 Å². The van der Waals surface area contributed by atoms with Crippen molar-refractivity contribution in [3.63, 3.8) is 0 Å². The van der Waals surface area contributed by atoms with Gasteiger partial charge in [-0.05, 0) is 23.6 Å². The Labute approximate surface area is 138 Å². The van der Waals surface area contributed by atoms with Gasteiger partial charge in [-0.15, -0.1) is 0 Å². The Kier molecular flexibility index (Phi) is 6.33. The number of piperazine rings is 1. The van der Waals surface area contributed by atoms with Crippen molar-refractivity contribution in [1.29, 1.82) is 0 Å². The number of halogens is 2. The van der Waals surface area contributed by atoms with Gasteiger partial charge in [-0.3, -0.25) is 4.90 Å². The summed E-state index contributed by atoms with van der Waals surface area (Å²) in [5.41, 5.74) is 7.10. The zero-order valence-electron chi connectivity index (χ0n) is 12.9. The fourth-order valence-electron chi connectivity index (χ4n) is 3.02. The average Bonchev–Trinajstić information content (AvgIpc) is 2.43. The molecule has 0 aliphatic carbocycles. The van der Waals surface area contributed by atoms with Crippen LogP contribution < -0.4 is 5.73 Å². The van der Waals surface area contributed by atoms with E-state index in [-0.39, 0.29) is 6.04 Å². The van der Waals surface area contributed by atoms with Gasteiger partial charge in [-0.25, -0.2) is 0 Å². The first kappa shape index (κ1) is 17.0. The fourth-order valence-corrected chi connectivity index (χ4v) is 3.55. The second-order valence-electron chi connectivity index (χ2n) is 6.15. The lowest BCUT2D eigenvalue weighted by Gasteiger charge is -2.39. The van der Waals surface area contributed by atoms with E-state index in [2.05, 4.69) is 23.6 Å². The second kappa shape index (κ2) is 7.80. The van der Waals surface area contributed by atoms with Crippen LogP contribution in [-0.2, 0) is 0 Å². The molecule has 1 aliphatic rings. The summed E-state index contributed by atoms with van der Waals surface area (Å²) in [4.78, 5) is 4.96. The summed E-state index contributed by atoms with van der Waals surface area (Å²) in [5, 5.41) is 1.38. The van der Waals surface area contributed by atoms with Crippen molar-refractivity contribution in [1.82, 2.24) is 9.80 Å². The van der Waals surface area contributed by atoms with Crippen molar-refractivity contribution in [3.8, 4) is 0 Å². The topological polar surface area (TPSA) is 32.5 Å². The molecule has 0 saturated carbocycles. The van der Waals surface area contributed by atoms with Gasteiger partial charge in [-0.2, -0.15) is 0 Å². The highest BCUT2D eigenvalue weighted by Crippen LogP contribution is 2.30. The molecule has 1 aromatic rings. The van der Waals surface area contributed by atoms with Gasteiger partial charge in [0.2, 0.25) is 0 Å². The zero-order valence-corrected chi connectivity index (χ0v) is 14.4. The number of hydrogen-bond acceptors (Lipinski definition) is 3. The molecule has 1 aromatic carbocycles. The maximum Gasteiger partial charge on any atom is 0.0486 e. The molecule has 1 heterocycles. The first-order chi connectivity index (χ1) is 10.0. The molecule has 2 N–H and O–H groups in total. The van der Waals surface area contributed by atoms with Gasteiger partial charge >= 0.3 is 0 Å². The predicted molar refractivity (Wildman–Crippen MR) is 91.1 cm³/mol. The van der Waals surface area contributed by atoms with Crippen molar-refractivity contribution in [2.75, 3.05) is 39.3 Å². The van der Waals surface area contributed by atoms with Gasteiger partial charge in [0.15, 0.2) is 0 Å². The third kappa shape index (κ3) is 4.57. The van der Waals surface area contributed by atoms with E-state index in [1.54, 1.807) is 6.07 Å². The van der Waals surface area contributed by atoms with E-state index >= 15 is 0 Å². The van der Waals surface area contributed by atoms with Gasteiger partial charge in [0, 0.05) is 55.4 Å². The van der Waals surface area contributed by atoms with Crippen LogP contribution in [0.3, 0.4) is 0 Å². The molecule has 118 valence electrons. The standard InChI is InChI=1S/C16H25Cl2N3/c1-12(2)11-20-5-7-21(8-6-20)16(10-19)14-4-3-13(17)9-15(14)18/h3-4,9,12,16H,5-8,10-11,19H2,1-2H3. The summed E-state index contributed by atoms with van der Waals surface area (Å²) in [6.07, 6.45) is 0. The maximum atomic E-state index is 6.34.